The van der Waals surface area contributed by atoms with E-state index in [4.69, 9.17) is 4.42 Å². The van der Waals surface area contributed by atoms with Crippen LogP contribution in [0.2, 0.25) is 0 Å². The van der Waals surface area contributed by atoms with E-state index in [1.54, 1.807) is 18.2 Å². The van der Waals surface area contributed by atoms with Gasteiger partial charge in [0.1, 0.15) is 0 Å². The highest BCUT2D eigenvalue weighted by molar-refractivity contribution is 5.94. The Labute approximate surface area is 133 Å². The molecule has 0 aliphatic carbocycles. The second-order valence-electron chi connectivity index (χ2n) is 5.10. The maximum atomic E-state index is 12.5. The lowest BCUT2D eigenvalue weighted by molar-refractivity contribution is -0.137. The smallest absolute Gasteiger partial charge is 0.408 e. The molecule has 0 aliphatic rings. The van der Waals surface area contributed by atoms with Crippen molar-refractivity contribution in [3.8, 4) is 0 Å². The summed E-state index contributed by atoms with van der Waals surface area (Å²) in [4.78, 5) is 25.5. The molecule has 2 N–H and O–H groups in total. The number of aromatic nitrogens is 1. The van der Waals surface area contributed by atoms with Gasteiger partial charge in [-0.2, -0.15) is 13.2 Å². The topological polar surface area (TPSA) is 75.1 Å². The van der Waals surface area contributed by atoms with Gasteiger partial charge in [-0.25, -0.2) is 4.79 Å². The average molecular weight is 336 g/mol. The van der Waals surface area contributed by atoms with Crippen LogP contribution in [0.4, 0.5) is 13.2 Å². The van der Waals surface area contributed by atoms with Crippen LogP contribution in [0.25, 0.3) is 11.1 Å². The Morgan fingerprint density at radius 2 is 1.83 bits per heavy atom. The lowest BCUT2D eigenvalue weighted by atomic mass is 10.1. The summed E-state index contributed by atoms with van der Waals surface area (Å²) in [5, 5.41) is 2.59. The molecule has 0 saturated carbocycles. The first-order valence-corrected chi connectivity index (χ1v) is 6.90. The van der Waals surface area contributed by atoms with Gasteiger partial charge in [-0.1, -0.05) is 6.07 Å². The van der Waals surface area contributed by atoms with E-state index in [9.17, 15) is 22.8 Å². The summed E-state index contributed by atoms with van der Waals surface area (Å²) in [7, 11) is 0. The predicted octanol–water partition coefficient (Wildman–Crippen LogP) is 3.07. The summed E-state index contributed by atoms with van der Waals surface area (Å²) < 4.78 is 42.4. The number of nitrogens with one attached hydrogen (secondary N) is 2. The molecule has 2 aromatic carbocycles. The summed E-state index contributed by atoms with van der Waals surface area (Å²) in [6.45, 7) is 0.144. The van der Waals surface area contributed by atoms with Crippen molar-refractivity contribution in [2.24, 2.45) is 0 Å². The van der Waals surface area contributed by atoms with E-state index in [1.807, 2.05) is 0 Å². The second kappa shape index (κ2) is 5.88. The third-order valence-electron chi connectivity index (χ3n) is 3.41. The molecular weight excluding hydrogens is 325 g/mol. The van der Waals surface area contributed by atoms with E-state index in [0.29, 0.717) is 16.7 Å². The van der Waals surface area contributed by atoms with Gasteiger partial charge in [0.05, 0.1) is 11.1 Å². The van der Waals surface area contributed by atoms with Crippen molar-refractivity contribution < 1.29 is 22.4 Å². The number of hydrogen-bond donors (Lipinski definition) is 2. The summed E-state index contributed by atoms with van der Waals surface area (Å²) in [5.74, 6) is -1.07. The van der Waals surface area contributed by atoms with Crippen LogP contribution in [-0.2, 0) is 12.7 Å². The first-order valence-electron chi connectivity index (χ1n) is 6.90. The number of carbonyl (C=O) groups is 1. The monoisotopic (exact) mass is 336 g/mol. The molecule has 3 rings (SSSR count). The predicted molar refractivity (Wildman–Crippen MR) is 79.4 cm³/mol. The molecule has 0 unspecified atom stereocenters. The van der Waals surface area contributed by atoms with Gasteiger partial charge in [0, 0.05) is 12.1 Å². The number of hydrogen-bond acceptors (Lipinski definition) is 3. The molecule has 0 aliphatic heterocycles. The Balaban J connectivity index is 1.68. The van der Waals surface area contributed by atoms with Crippen molar-refractivity contribution >= 4 is 17.0 Å². The molecule has 0 spiro atoms. The Morgan fingerprint density at radius 3 is 2.50 bits per heavy atom. The molecule has 0 radical (unpaired) electrons. The summed E-state index contributed by atoms with van der Waals surface area (Å²) in [6.07, 6.45) is -4.44. The number of alkyl halides is 3. The van der Waals surface area contributed by atoms with Gasteiger partial charge in [0.15, 0.2) is 5.58 Å². The van der Waals surface area contributed by atoms with Gasteiger partial charge in [-0.15, -0.1) is 0 Å². The van der Waals surface area contributed by atoms with Gasteiger partial charge in [-0.05, 0) is 42.0 Å². The van der Waals surface area contributed by atoms with Crippen LogP contribution in [0.15, 0.2) is 51.7 Å². The fourth-order valence-electron chi connectivity index (χ4n) is 2.19. The van der Waals surface area contributed by atoms with Crippen LogP contribution >= 0.6 is 0 Å². The number of rotatable bonds is 3. The average Bonchev–Trinajstić information content (AvgIpc) is 2.91. The summed E-state index contributed by atoms with van der Waals surface area (Å²) >= 11 is 0. The highest BCUT2D eigenvalue weighted by Crippen LogP contribution is 2.29. The van der Waals surface area contributed by atoms with Gasteiger partial charge in [0.25, 0.3) is 5.91 Å². The molecule has 8 heteroatoms. The van der Waals surface area contributed by atoms with Crippen molar-refractivity contribution in [3.63, 3.8) is 0 Å². The quantitative estimate of drug-likeness (QED) is 0.772. The number of H-pyrrole nitrogens is 1. The molecule has 124 valence electrons. The Bertz CT molecular complexity index is 940. The van der Waals surface area contributed by atoms with Crippen molar-refractivity contribution in [1.29, 1.82) is 0 Å². The molecule has 3 aromatic rings. The van der Waals surface area contributed by atoms with E-state index < -0.39 is 23.4 Å². The zero-order valence-corrected chi connectivity index (χ0v) is 12.1. The maximum absolute atomic E-state index is 12.5. The molecule has 1 heterocycles. The van der Waals surface area contributed by atoms with Crippen LogP contribution in [0.5, 0.6) is 0 Å². The number of aromatic amines is 1. The van der Waals surface area contributed by atoms with Crippen LogP contribution in [0, 0.1) is 0 Å². The number of fused-ring (bicyclic) bond motifs is 1. The standard InChI is InChI=1S/C16H11F3N2O3/c17-16(18,19)11-4-2-10(3-5-11)14(22)20-8-9-1-6-12-13(7-9)24-15(23)21-12/h1-7H,8H2,(H,20,22)(H,21,23). The van der Waals surface area contributed by atoms with Crippen molar-refractivity contribution in [2.75, 3.05) is 0 Å². The van der Waals surface area contributed by atoms with Gasteiger partial charge in [0.2, 0.25) is 0 Å². The van der Waals surface area contributed by atoms with Crippen LogP contribution < -0.4 is 11.1 Å². The number of oxazole rings is 1. The number of carbonyl (C=O) groups excluding carboxylic acids is 1. The molecule has 0 atom stereocenters. The van der Waals surface area contributed by atoms with Gasteiger partial charge in [-0.3, -0.25) is 9.78 Å². The van der Waals surface area contributed by atoms with Gasteiger partial charge < -0.3 is 9.73 Å². The summed E-state index contributed by atoms with van der Waals surface area (Å²) in [5.41, 5.74) is 0.897. The molecule has 1 amide bonds. The minimum atomic E-state index is -4.44. The van der Waals surface area contributed by atoms with E-state index in [2.05, 4.69) is 10.3 Å². The lowest BCUT2D eigenvalue weighted by Gasteiger charge is -2.08. The molecule has 0 fully saturated rings. The van der Waals surface area contributed by atoms with Crippen molar-refractivity contribution in [2.45, 2.75) is 12.7 Å². The third-order valence-corrected chi connectivity index (χ3v) is 3.41. The van der Waals surface area contributed by atoms with Crippen molar-refractivity contribution in [3.05, 3.63) is 69.7 Å². The molecule has 1 aromatic heterocycles. The second-order valence-corrected chi connectivity index (χ2v) is 5.10. The van der Waals surface area contributed by atoms with E-state index in [-0.39, 0.29) is 12.1 Å². The SMILES string of the molecule is O=C(NCc1ccc2[nH]c(=O)oc2c1)c1ccc(C(F)(F)F)cc1. The zero-order chi connectivity index (χ0) is 17.3. The van der Waals surface area contributed by atoms with Crippen LogP contribution in [0.3, 0.4) is 0 Å². The lowest BCUT2D eigenvalue weighted by Crippen LogP contribution is -2.22. The molecule has 0 bridgehead atoms. The zero-order valence-electron chi connectivity index (χ0n) is 12.1. The first-order chi connectivity index (χ1) is 11.3. The number of benzene rings is 2. The molecule has 0 saturated heterocycles. The third kappa shape index (κ3) is 3.32. The largest absolute Gasteiger partial charge is 0.417 e. The Morgan fingerprint density at radius 1 is 1.12 bits per heavy atom. The van der Waals surface area contributed by atoms with E-state index in [1.165, 1.54) is 0 Å². The minimum Gasteiger partial charge on any atom is -0.408 e. The van der Waals surface area contributed by atoms with Crippen LogP contribution in [-0.4, -0.2) is 10.9 Å². The fraction of sp³-hybridized carbons (Fsp3) is 0.125. The molecule has 24 heavy (non-hydrogen) atoms. The molecule has 5 nitrogen and oxygen atoms in total. The number of amides is 1. The number of halogens is 3. The van der Waals surface area contributed by atoms with E-state index >= 15 is 0 Å². The maximum Gasteiger partial charge on any atom is 0.417 e. The van der Waals surface area contributed by atoms with Gasteiger partial charge >= 0.3 is 11.9 Å². The normalized spacial score (nSPS) is 11.6. The van der Waals surface area contributed by atoms with E-state index in [0.717, 1.165) is 24.3 Å². The summed E-state index contributed by atoms with van der Waals surface area (Å²) in [6, 6.07) is 8.88. The minimum absolute atomic E-state index is 0.122. The Kier molecular flexibility index (Phi) is 3.88. The fourth-order valence-corrected chi connectivity index (χ4v) is 2.19. The highest BCUT2D eigenvalue weighted by atomic mass is 19.4. The highest BCUT2D eigenvalue weighted by Gasteiger charge is 2.30. The molecular formula is C16H11F3N2O3. The Hall–Kier alpha value is -3.03. The van der Waals surface area contributed by atoms with Crippen LogP contribution in [0.1, 0.15) is 21.5 Å². The van der Waals surface area contributed by atoms with Crippen molar-refractivity contribution in [1.82, 2.24) is 10.3 Å². The first kappa shape index (κ1) is 15.9.